The van der Waals surface area contributed by atoms with E-state index in [1.54, 1.807) is 12.4 Å². The lowest BCUT2D eigenvalue weighted by atomic mass is 10.1. The number of aldehydes is 1. The zero-order chi connectivity index (χ0) is 13.5. The zero-order valence-corrected chi connectivity index (χ0v) is 10.9. The van der Waals surface area contributed by atoms with E-state index in [2.05, 4.69) is 14.5 Å². The summed E-state index contributed by atoms with van der Waals surface area (Å²) in [5.74, 6) is 0.450. The van der Waals surface area contributed by atoms with E-state index in [1.807, 2.05) is 30.3 Å². The molecule has 4 rings (SSSR count). The number of carbonyl (C=O) groups excluding carboxylic acids is 1. The average molecular weight is 263 g/mol. The van der Waals surface area contributed by atoms with Crippen molar-refractivity contribution in [3.8, 4) is 5.69 Å². The fourth-order valence-corrected chi connectivity index (χ4v) is 2.75. The number of nitrogens with zero attached hydrogens (tertiary/aromatic N) is 3. The molecule has 3 aromatic rings. The van der Waals surface area contributed by atoms with Gasteiger partial charge < -0.3 is 0 Å². The van der Waals surface area contributed by atoms with Crippen molar-refractivity contribution in [1.82, 2.24) is 14.5 Å². The van der Waals surface area contributed by atoms with Gasteiger partial charge in [-0.15, -0.1) is 0 Å². The smallest absolute Gasteiger partial charge is 0.164 e. The first-order valence-corrected chi connectivity index (χ1v) is 6.76. The maximum absolute atomic E-state index is 11.5. The number of fused-ring (bicyclic) bond motifs is 1. The Labute approximate surface area is 116 Å². The second kappa shape index (κ2) is 4.27. The van der Waals surface area contributed by atoms with Crippen LogP contribution in [0, 0.1) is 0 Å². The first-order valence-electron chi connectivity index (χ1n) is 6.76. The molecule has 0 bridgehead atoms. The Balaban J connectivity index is 2.12. The van der Waals surface area contributed by atoms with Gasteiger partial charge in [-0.3, -0.25) is 14.3 Å². The molecule has 20 heavy (non-hydrogen) atoms. The van der Waals surface area contributed by atoms with Gasteiger partial charge in [-0.25, -0.2) is 4.98 Å². The van der Waals surface area contributed by atoms with Crippen molar-refractivity contribution >= 4 is 17.5 Å². The van der Waals surface area contributed by atoms with Crippen LogP contribution >= 0.6 is 0 Å². The molecule has 0 atom stereocenters. The van der Waals surface area contributed by atoms with Crippen LogP contribution < -0.4 is 0 Å². The Kier molecular flexibility index (Phi) is 2.42. The van der Waals surface area contributed by atoms with Crippen LogP contribution in [0.15, 0.2) is 42.7 Å². The highest BCUT2D eigenvalue weighted by Gasteiger charge is 2.33. The first kappa shape index (κ1) is 11.3. The van der Waals surface area contributed by atoms with E-state index in [0.29, 0.717) is 17.0 Å². The predicted molar refractivity (Wildman–Crippen MR) is 76.2 cm³/mol. The molecule has 2 heterocycles. The van der Waals surface area contributed by atoms with E-state index in [9.17, 15) is 4.79 Å². The summed E-state index contributed by atoms with van der Waals surface area (Å²) < 4.78 is 2.09. The summed E-state index contributed by atoms with van der Waals surface area (Å²) in [6.07, 6.45) is 6.49. The van der Waals surface area contributed by atoms with Gasteiger partial charge in [0.2, 0.25) is 0 Å². The number of benzene rings is 1. The number of rotatable bonds is 3. The van der Waals surface area contributed by atoms with Crippen molar-refractivity contribution in [2.24, 2.45) is 0 Å². The van der Waals surface area contributed by atoms with Crippen LogP contribution in [0.1, 0.15) is 34.8 Å². The van der Waals surface area contributed by atoms with Crippen LogP contribution in [0.4, 0.5) is 0 Å². The SMILES string of the molecule is O=Cc1c(C2CC2)n(-c2ccccc2)c2nccnc12. The lowest BCUT2D eigenvalue weighted by molar-refractivity contribution is 0.112. The van der Waals surface area contributed by atoms with E-state index >= 15 is 0 Å². The van der Waals surface area contributed by atoms with Gasteiger partial charge in [0.1, 0.15) is 5.52 Å². The van der Waals surface area contributed by atoms with Crippen LogP contribution in [-0.2, 0) is 0 Å². The van der Waals surface area contributed by atoms with E-state index in [0.717, 1.165) is 36.2 Å². The third kappa shape index (κ3) is 1.58. The Morgan fingerprint density at radius 1 is 1.10 bits per heavy atom. The van der Waals surface area contributed by atoms with Gasteiger partial charge in [0, 0.05) is 29.7 Å². The summed E-state index contributed by atoms with van der Waals surface area (Å²) in [4.78, 5) is 20.3. The molecule has 2 aromatic heterocycles. The van der Waals surface area contributed by atoms with Crippen molar-refractivity contribution in [2.45, 2.75) is 18.8 Å². The summed E-state index contributed by atoms with van der Waals surface area (Å²) in [7, 11) is 0. The molecule has 0 N–H and O–H groups in total. The summed E-state index contributed by atoms with van der Waals surface area (Å²) in [5.41, 5.74) is 4.26. The van der Waals surface area contributed by atoms with Gasteiger partial charge in [-0.05, 0) is 25.0 Å². The number of hydrogen-bond acceptors (Lipinski definition) is 3. The number of hydrogen-bond donors (Lipinski definition) is 0. The molecule has 1 aliphatic rings. The highest BCUT2D eigenvalue weighted by atomic mass is 16.1. The zero-order valence-electron chi connectivity index (χ0n) is 10.9. The molecule has 98 valence electrons. The molecule has 0 saturated heterocycles. The molecule has 4 heteroatoms. The Morgan fingerprint density at radius 3 is 2.55 bits per heavy atom. The van der Waals surface area contributed by atoms with Crippen LogP contribution in [0.25, 0.3) is 16.9 Å². The Hall–Kier alpha value is -2.49. The van der Waals surface area contributed by atoms with Crippen LogP contribution in [0.2, 0.25) is 0 Å². The fourth-order valence-electron chi connectivity index (χ4n) is 2.75. The molecule has 0 radical (unpaired) electrons. The third-order valence-corrected chi connectivity index (χ3v) is 3.76. The molecule has 0 amide bonds. The van der Waals surface area contributed by atoms with Gasteiger partial charge in [0.05, 0.1) is 5.56 Å². The fraction of sp³-hybridized carbons (Fsp3) is 0.188. The minimum absolute atomic E-state index is 0.450. The Morgan fingerprint density at radius 2 is 1.85 bits per heavy atom. The van der Waals surface area contributed by atoms with Crippen LogP contribution in [-0.4, -0.2) is 20.8 Å². The van der Waals surface area contributed by atoms with E-state index in [4.69, 9.17) is 0 Å². The minimum atomic E-state index is 0.450. The van der Waals surface area contributed by atoms with Crippen LogP contribution in [0.3, 0.4) is 0 Å². The maximum atomic E-state index is 11.5. The second-order valence-electron chi connectivity index (χ2n) is 5.09. The van der Waals surface area contributed by atoms with Gasteiger partial charge >= 0.3 is 0 Å². The lowest BCUT2D eigenvalue weighted by Crippen LogP contribution is -2.01. The van der Waals surface area contributed by atoms with Crippen molar-refractivity contribution in [3.05, 3.63) is 54.0 Å². The largest absolute Gasteiger partial charge is 0.298 e. The summed E-state index contributed by atoms with van der Waals surface area (Å²) >= 11 is 0. The van der Waals surface area contributed by atoms with E-state index < -0.39 is 0 Å². The predicted octanol–water partition coefficient (Wildman–Crippen LogP) is 3.11. The topological polar surface area (TPSA) is 47.8 Å². The molecular weight excluding hydrogens is 250 g/mol. The second-order valence-corrected chi connectivity index (χ2v) is 5.09. The summed E-state index contributed by atoms with van der Waals surface area (Å²) in [6, 6.07) is 10.0. The van der Waals surface area contributed by atoms with E-state index in [-0.39, 0.29) is 0 Å². The number of carbonyl (C=O) groups is 1. The molecule has 1 aliphatic carbocycles. The maximum Gasteiger partial charge on any atom is 0.164 e. The number of para-hydroxylation sites is 1. The normalized spacial score (nSPS) is 14.6. The third-order valence-electron chi connectivity index (χ3n) is 3.76. The Bertz CT molecular complexity index is 788. The quantitative estimate of drug-likeness (QED) is 0.682. The summed E-state index contributed by atoms with van der Waals surface area (Å²) in [6.45, 7) is 0. The molecular formula is C16H13N3O. The van der Waals surface area contributed by atoms with Crippen LogP contribution in [0.5, 0.6) is 0 Å². The molecule has 0 unspecified atom stereocenters. The van der Waals surface area contributed by atoms with Crippen molar-refractivity contribution in [1.29, 1.82) is 0 Å². The van der Waals surface area contributed by atoms with Gasteiger partial charge in [0.25, 0.3) is 0 Å². The molecule has 4 nitrogen and oxygen atoms in total. The minimum Gasteiger partial charge on any atom is -0.298 e. The standard InChI is InChI=1S/C16H13N3O/c20-10-13-14-16(18-9-8-17-14)19(15(13)11-6-7-11)12-4-2-1-3-5-12/h1-5,8-11H,6-7H2. The van der Waals surface area contributed by atoms with Gasteiger partial charge in [-0.1, -0.05) is 18.2 Å². The van der Waals surface area contributed by atoms with Gasteiger partial charge in [0.15, 0.2) is 11.9 Å². The monoisotopic (exact) mass is 263 g/mol. The summed E-state index contributed by atoms with van der Waals surface area (Å²) in [5, 5.41) is 0. The first-order chi connectivity index (χ1) is 9.90. The highest BCUT2D eigenvalue weighted by molar-refractivity contribution is 5.96. The molecule has 0 spiro atoms. The van der Waals surface area contributed by atoms with Crippen molar-refractivity contribution in [3.63, 3.8) is 0 Å². The lowest BCUT2D eigenvalue weighted by Gasteiger charge is -2.09. The van der Waals surface area contributed by atoms with E-state index in [1.165, 1.54) is 0 Å². The molecule has 0 aliphatic heterocycles. The van der Waals surface area contributed by atoms with Gasteiger partial charge in [-0.2, -0.15) is 0 Å². The molecule has 1 aromatic carbocycles. The number of aromatic nitrogens is 3. The molecule has 1 fully saturated rings. The average Bonchev–Trinajstić information content (AvgIpc) is 3.29. The van der Waals surface area contributed by atoms with Crippen molar-refractivity contribution < 1.29 is 4.79 Å². The van der Waals surface area contributed by atoms with Crippen molar-refractivity contribution in [2.75, 3.05) is 0 Å². The highest BCUT2D eigenvalue weighted by Crippen LogP contribution is 2.44. The molecule has 1 saturated carbocycles.